The molecule has 168 valence electrons. The lowest BCUT2D eigenvalue weighted by molar-refractivity contribution is -0.158. The lowest BCUT2D eigenvalue weighted by atomic mass is 9.82. The van der Waals surface area contributed by atoms with Crippen molar-refractivity contribution in [2.24, 2.45) is 5.73 Å². The monoisotopic (exact) mass is 450 g/mol. The van der Waals surface area contributed by atoms with Gasteiger partial charge in [-0.1, -0.05) is 6.07 Å². The lowest BCUT2D eigenvalue weighted by Crippen LogP contribution is -2.26. The maximum Gasteiger partial charge on any atom is 0.422 e. The van der Waals surface area contributed by atoms with E-state index >= 15 is 0 Å². The van der Waals surface area contributed by atoms with Gasteiger partial charge in [0.25, 0.3) is 0 Å². The summed E-state index contributed by atoms with van der Waals surface area (Å²) >= 11 is 0. The fourth-order valence-corrected chi connectivity index (χ4v) is 2.92. The van der Waals surface area contributed by atoms with Crippen LogP contribution in [0.25, 0.3) is 0 Å². The summed E-state index contributed by atoms with van der Waals surface area (Å²) in [5.41, 5.74) is 3.53. The van der Waals surface area contributed by atoms with E-state index in [-0.39, 0.29) is 29.1 Å². The number of nitrogens with zero attached hydrogens (tertiary/aromatic N) is 1. The third-order valence-electron chi connectivity index (χ3n) is 4.14. The second-order valence-corrected chi connectivity index (χ2v) is 6.27. The lowest BCUT2D eigenvalue weighted by Gasteiger charge is -2.27. The summed E-state index contributed by atoms with van der Waals surface area (Å²) in [4.78, 5) is 12.4. The van der Waals surface area contributed by atoms with Crippen LogP contribution >= 0.6 is 0 Å². The fourth-order valence-electron chi connectivity index (χ4n) is 2.92. The summed E-state index contributed by atoms with van der Waals surface area (Å²) in [5.74, 6) is -3.87. The van der Waals surface area contributed by atoms with Gasteiger partial charge < -0.3 is 19.9 Å². The smallest absolute Gasteiger partial charge is 0.422 e. The van der Waals surface area contributed by atoms with Crippen molar-refractivity contribution < 1.29 is 45.3 Å². The molecule has 1 atom stereocenters. The molecular formula is C19H16F6N2O4. The highest BCUT2D eigenvalue weighted by Crippen LogP contribution is 2.43. The summed E-state index contributed by atoms with van der Waals surface area (Å²) in [6, 6.07) is 3.81. The van der Waals surface area contributed by atoms with Crippen molar-refractivity contribution >= 4 is 5.97 Å². The molecule has 0 saturated carbocycles. The number of alkyl halides is 6. The van der Waals surface area contributed by atoms with Gasteiger partial charge in [0.15, 0.2) is 6.61 Å². The largest absolute Gasteiger partial charge is 0.483 e. The van der Waals surface area contributed by atoms with Crippen LogP contribution < -0.4 is 10.5 Å². The molecule has 1 unspecified atom stereocenters. The molecule has 1 aromatic carbocycles. The van der Waals surface area contributed by atoms with E-state index in [1.54, 1.807) is 6.07 Å². The number of hydrogen-bond donors (Lipinski definition) is 1. The molecule has 2 rings (SSSR count). The van der Waals surface area contributed by atoms with Crippen LogP contribution in [-0.2, 0) is 20.4 Å². The van der Waals surface area contributed by atoms with Crippen LogP contribution in [0.15, 0.2) is 41.0 Å². The van der Waals surface area contributed by atoms with E-state index in [2.05, 4.69) is 4.74 Å². The number of carbonyl (C=O) groups is 1. The van der Waals surface area contributed by atoms with Gasteiger partial charge in [-0.25, -0.2) is 4.79 Å². The minimum absolute atomic E-state index is 0.0592. The number of hydrogen-bond acceptors (Lipinski definition) is 6. The molecule has 0 bridgehead atoms. The van der Waals surface area contributed by atoms with E-state index in [0.717, 1.165) is 6.07 Å². The predicted octanol–water partition coefficient (Wildman–Crippen LogP) is 4.29. The molecule has 0 amide bonds. The van der Waals surface area contributed by atoms with Gasteiger partial charge in [-0.05, 0) is 31.5 Å². The molecule has 0 aliphatic carbocycles. The van der Waals surface area contributed by atoms with E-state index in [4.69, 9.17) is 15.2 Å². The summed E-state index contributed by atoms with van der Waals surface area (Å²) in [6.45, 7) is 0.793. The standard InChI is InChI=1S/C19H16F6N2O4/c1-3-29-17(28)14-9(2)31-16(27)11(7-26)15(14)10-4-5-12(19(23,24)25)13(6-10)30-8-18(20,21)22/h4-6,15H,3,8,27H2,1-2H3. The van der Waals surface area contributed by atoms with Crippen LogP contribution in [0.1, 0.15) is 30.9 Å². The second kappa shape index (κ2) is 8.79. The Morgan fingerprint density at radius 1 is 1.26 bits per heavy atom. The molecule has 0 saturated heterocycles. The highest BCUT2D eigenvalue weighted by molar-refractivity contribution is 5.92. The number of rotatable bonds is 5. The zero-order valence-corrected chi connectivity index (χ0v) is 16.1. The minimum atomic E-state index is -5.02. The average molecular weight is 450 g/mol. The Kier molecular flexibility index (Phi) is 6.78. The van der Waals surface area contributed by atoms with Crippen molar-refractivity contribution in [2.75, 3.05) is 13.2 Å². The van der Waals surface area contributed by atoms with Crippen LogP contribution in [0.2, 0.25) is 0 Å². The highest BCUT2D eigenvalue weighted by atomic mass is 19.4. The van der Waals surface area contributed by atoms with E-state index in [9.17, 15) is 36.4 Å². The Bertz CT molecular complexity index is 973. The molecule has 0 radical (unpaired) electrons. The summed E-state index contributed by atoms with van der Waals surface area (Å²) in [5, 5.41) is 9.47. The second-order valence-electron chi connectivity index (χ2n) is 6.27. The van der Waals surface area contributed by atoms with Gasteiger partial charge in [-0.2, -0.15) is 31.6 Å². The van der Waals surface area contributed by atoms with E-state index in [1.807, 2.05) is 0 Å². The summed E-state index contributed by atoms with van der Waals surface area (Å²) < 4.78 is 91.9. The fraction of sp³-hybridized carbons (Fsp3) is 0.368. The van der Waals surface area contributed by atoms with Gasteiger partial charge in [-0.3, -0.25) is 0 Å². The zero-order chi connectivity index (χ0) is 23.6. The molecule has 1 heterocycles. The number of ether oxygens (including phenoxy) is 3. The molecule has 1 aromatic rings. The van der Waals surface area contributed by atoms with Gasteiger partial charge in [0.1, 0.15) is 23.2 Å². The SMILES string of the molecule is CCOC(=O)C1=C(C)OC(N)=C(C#N)C1c1ccc(C(F)(F)F)c(OCC(F)(F)F)c1. The third kappa shape index (κ3) is 5.42. The first kappa shape index (κ1) is 23.9. The number of nitriles is 1. The molecular weight excluding hydrogens is 434 g/mol. The number of allylic oxidation sites excluding steroid dienone is 2. The zero-order valence-electron chi connectivity index (χ0n) is 16.1. The number of carbonyl (C=O) groups excluding carboxylic acids is 1. The molecule has 12 heteroatoms. The van der Waals surface area contributed by atoms with Crippen LogP contribution in [0.3, 0.4) is 0 Å². The van der Waals surface area contributed by atoms with Crippen molar-refractivity contribution in [3.63, 3.8) is 0 Å². The Morgan fingerprint density at radius 2 is 1.90 bits per heavy atom. The van der Waals surface area contributed by atoms with Crippen LogP contribution in [-0.4, -0.2) is 25.4 Å². The first-order chi connectivity index (χ1) is 14.3. The van der Waals surface area contributed by atoms with E-state index in [1.165, 1.54) is 13.8 Å². The number of nitrogens with two attached hydrogens (primary N) is 1. The molecule has 1 aliphatic rings. The number of benzene rings is 1. The quantitative estimate of drug-likeness (QED) is 0.531. The van der Waals surface area contributed by atoms with Crippen molar-refractivity contribution in [2.45, 2.75) is 32.1 Å². The van der Waals surface area contributed by atoms with Gasteiger partial charge >= 0.3 is 18.3 Å². The van der Waals surface area contributed by atoms with Crippen molar-refractivity contribution in [3.8, 4) is 11.8 Å². The van der Waals surface area contributed by atoms with E-state index < -0.39 is 48.0 Å². The summed E-state index contributed by atoms with van der Waals surface area (Å²) in [6.07, 6.45) is -9.91. The molecule has 0 aromatic heterocycles. The molecule has 31 heavy (non-hydrogen) atoms. The predicted molar refractivity (Wildman–Crippen MR) is 93.0 cm³/mol. The van der Waals surface area contributed by atoms with Gasteiger partial charge in [0.2, 0.25) is 5.88 Å². The first-order valence-corrected chi connectivity index (χ1v) is 8.66. The van der Waals surface area contributed by atoms with Gasteiger partial charge in [-0.15, -0.1) is 0 Å². The molecule has 1 aliphatic heterocycles. The molecule has 2 N–H and O–H groups in total. The maximum atomic E-state index is 13.3. The normalized spacial score (nSPS) is 17.2. The highest BCUT2D eigenvalue weighted by Gasteiger charge is 2.40. The molecule has 6 nitrogen and oxygen atoms in total. The van der Waals surface area contributed by atoms with Crippen LogP contribution in [0.5, 0.6) is 5.75 Å². The Hall–Kier alpha value is -3.36. The number of halogens is 6. The minimum Gasteiger partial charge on any atom is -0.483 e. The first-order valence-electron chi connectivity index (χ1n) is 8.66. The topological polar surface area (TPSA) is 94.6 Å². The molecule has 0 fully saturated rings. The Balaban J connectivity index is 2.67. The van der Waals surface area contributed by atoms with Gasteiger partial charge in [0.05, 0.1) is 23.7 Å². The Morgan fingerprint density at radius 3 is 2.42 bits per heavy atom. The van der Waals surface area contributed by atoms with Gasteiger partial charge in [0, 0.05) is 0 Å². The summed E-state index contributed by atoms with van der Waals surface area (Å²) in [7, 11) is 0. The van der Waals surface area contributed by atoms with Crippen LogP contribution in [0.4, 0.5) is 26.3 Å². The van der Waals surface area contributed by atoms with Crippen LogP contribution in [0, 0.1) is 11.3 Å². The maximum absolute atomic E-state index is 13.3. The van der Waals surface area contributed by atoms with Crippen molar-refractivity contribution in [3.05, 3.63) is 52.1 Å². The molecule has 0 spiro atoms. The van der Waals surface area contributed by atoms with Crippen molar-refractivity contribution in [1.29, 1.82) is 5.26 Å². The van der Waals surface area contributed by atoms with E-state index in [0.29, 0.717) is 12.1 Å². The number of esters is 1. The Labute approximate surface area is 172 Å². The third-order valence-corrected chi connectivity index (χ3v) is 4.14. The average Bonchev–Trinajstić information content (AvgIpc) is 2.64. The van der Waals surface area contributed by atoms with Crippen molar-refractivity contribution in [1.82, 2.24) is 0 Å².